The van der Waals surface area contributed by atoms with Crippen LogP contribution in [0.1, 0.15) is 12.8 Å². The summed E-state index contributed by atoms with van der Waals surface area (Å²) in [7, 11) is 1.67. The lowest BCUT2D eigenvalue weighted by Crippen LogP contribution is -2.47. The molecule has 0 bridgehead atoms. The van der Waals surface area contributed by atoms with E-state index in [2.05, 4.69) is 5.32 Å². The van der Waals surface area contributed by atoms with Gasteiger partial charge in [-0.1, -0.05) is 0 Å². The third-order valence-electron chi connectivity index (χ3n) is 3.19. The molecule has 1 heterocycles. The van der Waals surface area contributed by atoms with Gasteiger partial charge in [-0.15, -0.1) is 0 Å². The highest BCUT2D eigenvalue weighted by Gasteiger charge is 2.17. The standard InChI is InChI=1S/C13H20N2O3/c1-17-11-2-4-12(5-3-11)18-10-13(16)15-8-6-14-7-9-15/h2,4,14H,3,5-10H2,1H3. The number of ether oxygens (including phenoxy) is 2. The van der Waals surface area contributed by atoms with E-state index in [-0.39, 0.29) is 12.5 Å². The fourth-order valence-corrected chi connectivity index (χ4v) is 2.05. The first kappa shape index (κ1) is 13.0. The zero-order valence-electron chi connectivity index (χ0n) is 10.8. The maximum absolute atomic E-state index is 11.9. The number of amides is 1. The van der Waals surface area contributed by atoms with Crippen molar-refractivity contribution in [1.29, 1.82) is 0 Å². The normalized spacial score (nSPS) is 19.9. The number of hydrogen-bond acceptors (Lipinski definition) is 4. The molecule has 1 fully saturated rings. The van der Waals surface area contributed by atoms with Crippen LogP contribution in [0.4, 0.5) is 0 Å². The average Bonchev–Trinajstić information content (AvgIpc) is 2.46. The average molecular weight is 252 g/mol. The van der Waals surface area contributed by atoms with Crippen molar-refractivity contribution in [3.63, 3.8) is 0 Å². The third kappa shape index (κ3) is 3.50. The monoisotopic (exact) mass is 252 g/mol. The van der Waals surface area contributed by atoms with Gasteiger partial charge in [0.15, 0.2) is 6.61 Å². The van der Waals surface area contributed by atoms with E-state index in [1.165, 1.54) is 0 Å². The number of nitrogens with one attached hydrogen (secondary N) is 1. The van der Waals surface area contributed by atoms with E-state index in [4.69, 9.17) is 9.47 Å². The Morgan fingerprint density at radius 2 is 1.94 bits per heavy atom. The molecule has 1 amide bonds. The van der Waals surface area contributed by atoms with Crippen LogP contribution in [0.15, 0.2) is 23.7 Å². The van der Waals surface area contributed by atoms with Gasteiger partial charge in [-0.05, 0) is 12.2 Å². The fourth-order valence-electron chi connectivity index (χ4n) is 2.05. The minimum absolute atomic E-state index is 0.0684. The van der Waals surface area contributed by atoms with Crippen LogP contribution in [0.25, 0.3) is 0 Å². The van der Waals surface area contributed by atoms with Crippen LogP contribution in [0.2, 0.25) is 0 Å². The molecule has 1 saturated heterocycles. The Labute approximate surface area is 107 Å². The summed E-state index contributed by atoms with van der Waals surface area (Å²) in [4.78, 5) is 13.7. The first-order valence-electron chi connectivity index (χ1n) is 6.34. The van der Waals surface area contributed by atoms with Crippen molar-refractivity contribution in [1.82, 2.24) is 10.2 Å². The maximum atomic E-state index is 11.9. The van der Waals surface area contributed by atoms with Gasteiger partial charge in [-0.2, -0.15) is 0 Å². The van der Waals surface area contributed by atoms with E-state index in [1.54, 1.807) is 7.11 Å². The molecule has 1 aliphatic carbocycles. The van der Waals surface area contributed by atoms with Gasteiger partial charge in [0.2, 0.25) is 0 Å². The number of methoxy groups -OCH3 is 1. The molecule has 0 radical (unpaired) electrons. The Balaban J connectivity index is 1.76. The summed E-state index contributed by atoms with van der Waals surface area (Å²) in [6.07, 6.45) is 5.42. The van der Waals surface area contributed by atoms with Crippen LogP contribution in [0, 0.1) is 0 Å². The Morgan fingerprint density at radius 1 is 1.28 bits per heavy atom. The largest absolute Gasteiger partial charge is 0.501 e. The quantitative estimate of drug-likeness (QED) is 0.798. The summed E-state index contributed by atoms with van der Waals surface area (Å²) in [6, 6.07) is 0. The van der Waals surface area contributed by atoms with E-state index in [0.29, 0.717) is 0 Å². The lowest BCUT2D eigenvalue weighted by Gasteiger charge is -2.27. The van der Waals surface area contributed by atoms with Crippen LogP contribution >= 0.6 is 0 Å². The molecule has 2 rings (SSSR count). The van der Waals surface area contributed by atoms with Gasteiger partial charge in [0.05, 0.1) is 18.6 Å². The maximum Gasteiger partial charge on any atom is 0.260 e. The summed E-state index contributed by atoms with van der Waals surface area (Å²) >= 11 is 0. The van der Waals surface area contributed by atoms with Crippen molar-refractivity contribution in [2.45, 2.75) is 12.8 Å². The topological polar surface area (TPSA) is 50.8 Å². The van der Waals surface area contributed by atoms with E-state index in [1.807, 2.05) is 17.1 Å². The van der Waals surface area contributed by atoms with Crippen molar-refractivity contribution in [2.75, 3.05) is 39.9 Å². The molecule has 0 aromatic carbocycles. The first-order chi connectivity index (χ1) is 8.79. The number of hydrogen-bond donors (Lipinski definition) is 1. The fraction of sp³-hybridized carbons (Fsp3) is 0.615. The summed E-state index contributed by atoms with van der Waals surface area (Å²) in [6.45, 7) is 3.43. The number of rotatable bonds is 4. The predicted molar refractivity (Wildman–Crippen MR) is 67.8 cm³/mol. The van der Waals surface area contributed by atoms with Crippen molar-refractivity contribution >= 4 is 5.91 Å². The van der Waals surface area contributed by atoms with Gasteiger partial charge in [-0.3, -0.25) is 4.79 Å². The molecular formula is C13H20N2O3. The minimum atomic E-state index is 0.0684. The zero-order chi connectivity index (χ0) is 12.8. The second kappa shape index (κ2) is 6.44. The predicted octanol–water partition coefficient (Wildman–Crippen LogP) is 0.643. The van der Waals surface area contributed by atoms with Crippen LogP contribution in [-0.4, -0.2) is 50.7 Å². The van der Waals surface area contributed by atoms with E-state index < -0.39 is 0 Å². The Hall–Kier alpha value is -1.49. The third-order valence-corrected chi connectivity index (χ3v) is 3.19. The molecule has 5 nitrogen and oxygen atoms in total. The van der Waals surface area contributed by atoms with Gasteiger partial charge >= 0.3 is 0 Å². The van der Waals surface area contributed by atoms with Gasteiger partial charge in [0, 0.05) is 39.0 Å². The van der Waals surface area contributed by atoms with Gasteiger partial charge < -0.3 is 19.7 Å². The molecule has 2 aliphatic rings. The lowest BCUT2D eigenvalue weighted by atomic mass is 10.1. The van der Waals surface area contributed by atoms with Gasteiger partial charge in [-0.25, -0.2) is 0 Å². The summed E-state index contributed by atoms with van der Waals surface area (Å²) in [5.41, 5.74) is 0. The molecule has 18 heavy (non-hydrogen) atoms. The smallest absolute Gasteiger partial charge is 0.260 e. The Bertz CT molecular complexity index is 357. The molecule has 5 heteroatoms. The number of carbonyl (C=O) groups excluding carboxylic acids is 1. The zero-order valence-corrected chi connectivity index (χ0v) is 10.8. The molecule has 100 valence electrons. The second-order valence-corrected chi connectivity index (χ2v) is 4.39. The van der Waals surface area contributed by atoms with Crippen molar-refractivity contribution in [3.8, 4) is 0 Å². The van der Waals surface area contributed by atoms with Crippen LogP contribution in [0.3, 0.4) is 0 Å². The highest BCUT2D eigenvalue weighted by molar-refractivity contribution is 5.77. The highest BCUT2D eigenvalue weighted by atomic mass is 16.5. The molecule has 0 aromatic heterocycles. The highest BCUT2D eigenvalue weighted by Crippen LogP contribution is 2.19. The summed E-state index contributed by atoms with van der Waals surface area (Å²) in [5.74, 6) is 1.88. The van der Waals surface area contributed by atoms with Crippen molar-refractivity contribution in [2.24, 2.45) is 0 Å². The minimum Gasteiger partial charge on any atom is -0.501 e. The van der Waals surface area contributed by atoms with E-state index in [9.17, 15) is 4.79 Å². The van der Waals surface area contributed by atoms with Crippen molar-refractivity contribution in [3.05, 3.63) is 23.7 Å². The molecule has 0 aromatic rings. The van der Waals surface area contributed by atoms with Crippen LogP contribution in [-0.2, 0) is 14.3 Å². The van der Waals surface area contributed by atoms with E-state index in [0.717, 1.165) is 50.5 Å². The molecule has 0 spiro atoms. The molecule has 0 atom stereocenters. The summed E-state index contributed by atoms with van der Waals surface area (Å²) < 4.78 is 10.7. The van der Waals surface area contributed by atoms with Gasteiger partial charge in [0.25, 0.3) is 5.91 Å². The summed E-state index contributed by atoms with van der Waals surface area (Å²) in [5, 5.41) is 3.22. The number of carbonyl (C=O) groups is 1. The molecule has 0 saturated carbocycles. The number of piperazine rings is 1. The Kier molecular flexibility index (Phi) is 4.64. The van der Waals surface area contributed by atoms with Crippen LogP contribution < -0.4 is 5.32 Å². The van der Waals surface area contributed by atoms with Gasteiger partial charge in [0.1, 0.15) is 0 Å². The number of nitrogens with zero attached hydrogens (tertiary/aromatic N) is 1. The van der Waals surface area contributed by atoms with E-state index >= 15 is 0 Å². The molecular weight excluding hydrogens is 232 g/mol. The molecule has 1 aliphatic heterocycles. The SMILES string of the molecule is COC1=CC=C(OCC(=O)N2CCNCC2)CC1. The van der Waals surface area contributed by atoms with Crippen molar-refractivity contribution < 1.29 is 14.3 Å². The second-order valence-electron chi connectivity index (χ2n) is 4.39. The Morgan fingerprint density at radius 3 is 2.56 bits per heavy atom. The molecule has 1 N–H and O–H groups in total. The number of allylic oxidation sites excluding steroid dienone is 4. The first-order valence-corrected chi connectivity index (χ1v) is 6.34. The van der Waals surface area contributed by atoms with Crippen LogP contribution in [0.5, 0.6) is 0 Å². The lowest BCUT2D eigenvalue weighted by molar-refractivity contribution is -0.135. The molecule has 0 unspecified atom stereocenters.